The maximum Gasteiger partial charge on any atom is 0.234 e. The second kappa shape index (κ2) is 9.09. The molecule has 0 aliphatic rings. The summed E-state index contributed by atoms with van der Waals surface area (Å²) in [6.07, 6.45) is 0.824. The highest BCUT2D eigenvalue weighted by molar-refractivity contribution is 5.82. The molecule has 0 aromatic heterocycles. The van der Waals surface area contributed by atoms with E-state index in [1.54, 1.807) is 0 Å². The maximum atomic E-state index is 11.8. The first-order valence-electron chi connectivity index (χ1n) is 6.95. The third-order valence-electron chi connectivity index (χ3n) is 3.12. The quantitative estimate of drug-likeness (QED) is 0.683. The molecule has 0 spiro atoms. The van der Waals surface area contributed by atoms with Crippen LogP contribution in [0.25, 0.3) is 0 Å². The second-order valence-corrected chi connectivity index (χ2v) is 5.07. The van der Waals surface area contributed by atoms with Crippen molar-refractivity contribution in [3.8, 4) is 0 Å². The number of amides is 1. The Labute approximate surface area is 111 Å². The molecule has 0 heterocycles. The molecule has 0 fully saturated rings. The number of ketones is 1. The van der Waals surface area contributed by atoms with Crippen LogP contribution in [0.3, 0.4) is 0 Å². The number of nitrogens with zero attached hydrogens (tertiary/aromatic N) is 1. The average molecular weight is 256 g/mol. The Bertz CT molecular complexity index is 265. The molecule has 1 unspecified atom stereocenters. The molecule has 4 nitrogen and oxygen atoms in total. The van der Waals surface area contributed by atoms with Crippen molar-refractivity contribution in [3.63, 3.8) is 0 Å². The molecule has 106 valence electrons. The van der Waals surface area contributed by atoms with Crippen molar-refractivity contribution in [3.05, 3.63) is 0 Å². The minimum Gasteiger partial charge on any atom is -0.355 e. The molecule has 0 aromatic rings. The van der Waals surface area contributed by atoms with Crippen LogP contribution < -0.4 is 5.32 Å². The topological polar surface area (TPSA) is 49.4 Å². The van der Waals surface area contributed by atoms with Crippen LogP contribution in [-0.2, 0) is 9.59 Å². The number of rotatable bonds is 9. The molecule has 0 saturated carbocycles. The molecule has 0 saturated heterocycles. The zero-order valence-electron chi connectivity index (χ0n) is 12.5. The Hall–Kier alpha value is -0.900. The van der Waals surface area contributed by atoms with Gasteiger partial charge in [-0.25, -0.2) is 0 Å². The Balaban J connectivity index is 4.07. The van der Waals surface area contributed by atoms with Crippen LogP contribution in [0.1, 0.15) is 41.0 Å². The van der Waals surface area contributed by atoms with E-state index in [0.717, 1.165) is 19.5 Å². The first-order valence-corrected chi connectivity index (χ1v) is 6.95. The predicted octanol–water partition coefficient (Wildman–Crippen LogP) is 1.70. The summed E-state index contributed by atoms with van der Waals surface area (Å²) in [5, 5.41) is 2.79. The van der Waals surface area contributed by atoms with Gasteiger partial charge in [-0.1, -0.05) is 27.7 Å². The number of Topliss-reactive ketones (excluding diaryl/α,β-unsaturated/α-hetero) is 1. The van der Waals surface area contributed by atoms with E-state index in [9.17, 15) is 9.59 Å². The molecule has 1 amide bonds. The van der Waals surface area contributed by atoms with Crippen LogP contribution >= 0.6 is 0 Å². The van der Waals surface area contributed by atoms with Gasteiger partial charge in [0.1, 0.15) is 5.78 Å². The van der Waals surface area contributed by atoms with E-state index in [0.29, 0.717) is 18.9 Å². The van der Waals surface area contributed by atoms with Gasteiger partial charge < -0.3 is 5.32 Å². The van der Waals surface area contributed by atoms with E-state index in [1.807, 2.05) is 34.6 Å². The van der Waals surface area contributed by atoms with Gasteiger partial charge in [0.25, 0.3) is 0 Å². The molecule has 0 radical (unpaired) electrons. The zero-order chi connectivity index (χ0) is 14.1. The number of hydrogen-bond acceptors (Lipinski definition) is 3. The molecule has 0 bridgehead atoms. The monoisotopic (exact) mass is 256 g/mol. The summed E-state index contributed by atoms with van der Waals surface area (Å²) >= 11 is 0. The molecule has 0 aromatic carbocycles. The summed E-state index contributed by atoms with van der Waals surface area (Å²) < 4.78 is 0. The third-order valence-corrected chi connectivity index (χ3v) is 3.12. The predicted molar refractivity (Wildman–Crippen MR) is 74.4 cm³/mol. The maximum absolute atomic E-state index is 11.8. The van der Waals surface area contributed by atoms with Crippen LogP contribution in [0.2, 0.25) is 0 Å². The molecular formula is C14H28N2O2. The van der Waals surface area contributed by atoms with Gasteiger partial charge in [-0.3, -0.25) is 14.5 Å². The lowest BCUT2D eigenvalue weighted by Gasteiger charge is -2.22. The number of likely N-dealkylation sites (N-methyl/N-ethyl adjacent to an activating group) is 2. The fourth-order valence-electron chi connectivity index (χ4n) is 1.89. The molecule has 4 heteroatoms. The minimum atomic E-state index is 0.0576. The normalized spacial score (nSPS) is 12.8. The Morgan fingerprint density at radius 3 is 2.22 bits per heavy atom. The first-order chi connectivity index (χ1) is 8.42. The summed E-state index contributed by atoms with van der Waals surface area (Å²) in [5.74, 6) is 0.540. The highest BCUT2D eigenvalue weighted by Gasteiger charge is 2.17. The van der Waals surface area contributed by atoms with Gasteiger partial charge in [0.15, 0.2) is 0 Å². The third kappa shape index (κ3) is 6.74. The van der Waals surface area contributed by atoms with Gasteiger partial charge in [0, 0.05) is 18.4 Å². The Kier molecular flexibility index (Phi) is 8.63. The van der Waals surface area contributed by atoms with Crippen LogP contribution in [0.5, 0.6) is 0 Å². The van der Waals surface area contributed by atoms with Crippen LogP contribution in [0, 0.1) is 11.8 Å². The fraction of sp³-hybridized carbons (Fsp3) is 0.857. The van der Waals surface area contributed by atoms with Crippen molar-refractivity contribution in [2.24, 2.45) is 11.8 Å². The van der Waals surface area contributed by atoms with Crippen LogP contribution in [-0.4, -0.2) is 42.8 Å². The van der Waals surface area contributed by atoms with Crippen molar-refractivity contribution < 1.29 is 9.59 Å². The van der Waals surface area contributed by atoms with E-state index in [-0.39, 0.29) is 17.7 Å². The van der Waals surface area contributed by atoms with Crippen molar-refractivity contribution >= 4 is 11.7 Å². The standard InChI is InChI=1S/C14H28N2O2/c1-6-15-13(17)10-16(7-2)9-8-12(5)14(18)11(3)4/h11-12H,6-10H2,1-5H3,(H,15,17). The van der Waals surface area contributed by atoms with E-state index < -0.39 is 0 Å². The number of carbonyl (C=O) groups is 2. The molecular weight excluding hydrogens is 228 g/mol. The molecule has 0 aliphatic heterocycles. The SMILES string of the molecule is CCNC(=O)CN(CC)CCC(C)C(=O)C(C)C. The fourth-order valence-corrected chi connectivity index (χ4v) is 1.89. The highest BCUT2D eigenvalue weighted by atomic mass is 16.2. The number of nitrogens with one attached hydrogen (secondary N) is 1. The summed E-state index contributed by atoms with van der Waals surface area (Å²) in [6, 6.07) is 0. The van der Waals surface area contributed by atoms with Gasteiger partial charge in [-0.05, 0) is 26.4 Å². The molecule has 1 N–H and O–H groups in total. The molecule has 1 atom stereocenters. The van der Waals surface area contributed by atoms with Gasteiger partial charge in [-0.2, -0.15) is 0 Å². The molecule has 18 heavy (non-hydrogen) atoms. The zero-order valence-corrected chi connectivity index (χ0v) is 12.5. The van der Waals surface area contributed by atoms with E-state index in [4.69, 9.17) is 0 Å². The summed E-state index contributed by atoms with van der Waals surface area (Å²) in [7, 11) is 0. The van der Waals surface area contributed by atoms with Crippen LogP contribution in [0.15, 0.2) is 0 Å². The van der Waals surface area contributed by atoms with E-state index in [1.165, 1.54) is 0 Å². The molecule has 0 rings (SSSR count). The second-order valence-electron chi connectivity index (χ2n) is 5.07. The van der Waals surface area contributed by atoms with Gasteiger partial charge >= 0.3 is 0 Å². The largest absolute Gasteiger partial charge is 0.355 e. The number of carbonyl (C=O) groups excluding carboxylic acids is 2. The van der Waals surface area contributed by atoms with E-state index >= 15 is 0 Å². The van der Waals surface area contributed by atoms with Crippen molar-refractivity contribution in [1.29, 1.82) is 0 Å². The lowest BCUT2D eigenvalue weighted by Crippen LogP contribution is -2.38. The molecule has 0 aliphatic carbocycles. The lowest BCUT2D eigenvalue weighted by molar-refractivity contribution is -0.125. The Morgan fingerprint density at radius 1 is 1.17 bits per heavy atom. The van der Waals surface area contributed by atoms with Gasteiger partial charge in [0.05, 0.1) is 6.54 Å². The van der Waals surface area contributed by atoms with Crippen molar-refractivity contribution in [2.45, 2.75) is 41.0 Å². The first kappa shape index (κ1) is 17.1. The smallest absolute Gasteiger partial charge is 0.234 e. The van der Waals surface area contributed by atoms with Crippen molar-refractivity contribution in [1.82, 2.24) is 10.2 Å². The van der Waals surface area contributed by atoms with Crippen LogP contribution in [0.4, 0.5) is 0 Å². The summed E-state index contributed by atoms with van der Waals surface area (Å²) in [4.78, 5) is 25.3. The minimum absolute atomic E-state index is 0.0576. The van der Waals surface area contributed by atoms with E-state index in [2.05, 4.69) is 10.2 Å². The lowest BCUT2D eigenvalue weighted by atomic mass is 9.94. The Morgan fingerprint density at radius 2 is 1.78 bits per heavy atom. The van der Waals surface area contributed by atoms with Gasteiger partial charge in [0.2, 0.25) is 5.91 Å². The summed E-state index contributed by atoms with van der Waals surface area (Å²) in [5.41, 5.74) is 0. The summed E-state index contributed by atoms with van der Waals surface area (Å²) in [6.45, 7) is 12.5. The average Bonchev–Trinajstić information content (AvgIpc) is 2.33. The van der Waals surface area contributed by atoms with Crippen molar-refractivity contribution in [2.75, 3.05) is 26.2 Å². The number of hydrogen-bond donors (Lipinski definition) is 1. The van der Waals surface area contributed by atoms with Gasteiger partial charge in [-0.15, -0.1) is 0 Å². The highest BCUT2D eigenvalue weighted by Crippen LogP contribution is 2.11.